The first-order chi connectivity index (χ1) is 12.7. The van der Waals surface area contributed by atoms with Crippen LogP contribution in [0.15, 0.2) is 42.4 Å². The molecule has 3 amide bonds. The molecule has 4 rings (SSSR count). The molecule has 0 bridgehead atoms. The van der Waals surface area contributed by atoms with E-state index in [1.807, 2.05) is 18.2 Å². The third-order valence-corrected chi connectivity index (χ3v) is 4.21. The molecule has 9 heteroatoms. The summed E-state index contributed by atoms with van der Waals surface area (Å²) >= 11 is 0. The fraction of sp³-hybridized carbons (Fsp3) is 0.235. The van der Waals surface area contributed by atoms with Gasteiger partial charge in [-0.15, -0.1) is 0 Å². The Labute approximate surface area is 149 Å². The van der Waals surface area contributed by atoms with Crippen molar-refractivity contribution in [3.63, 3.8) is 0 Å². The van der Waals surface area contributed by atoms with Crippen LogP contribution in [0.1, 0.15) is 5.69 Å². The number of amides is 3. The average Bonchev–Trinajstić information content (AvgIpc) is 3.00. The maximum absolute atomic E-state index is 11.6. The fourth-order valence-electron chi connectivity index (χ4n) is 2.90. The number of nitrogens with zero attached hydrogens (tertiary/aromatic N) is 5. The molecule has 2 saturated heterocycles. The van der Waals surface area contributed by atoms with Gasteiger partial charge >= 0.3 is 6.03 Å². The number of rotatable bonds is 3. The van der Waals surface area contributed by atoms with Crippen LogP contribution in [0.5, 0.6) is 0 Å². The standard InChI is InChI=1S/C17H17N7O2/c25-15-13(21-17(26)22-15)11-12-4-6-19-16(20-12)24-9-7-23(8-10-24)14-3-1-2-5-18-14/h1-6,11H,7-10H2,(H2,21,22,25,26)/b13-11+. The monoisotopic (exact) mass is 351 g/mol. The van der Waals surface area contributed by atoms with Gasteiger partial charge < -0.3 is 15.1 Å². The summed E-state index contributed by atoms with van der Waals surface area (Å²) in [6.45, 7) is 3.19. The van der Waals surface area contributed by atoms with Crippen LogP contribution in [-0.2, 0) is 4.79 Å². The molecule has 0 aliphatic carbocycles. The first-order valence-corrected chi connectivity index (χ1v) is 8.27. The van der Waals surface area contributed by atoms with E-state index in [1.165, 1.54) is 6.08 Å². The summed E-state index contributed by atoms with van der Waals surface area (Å²) in [5.74, 6) is 1.11. The van der Waals surface area contributed by atoms with Gasteiger partial charge in [0.25, 0.3) is 5.91 Å². The Morgan fingerprint density at radius 1 is 0.923 bits per heavy atom. The zero-order valence-electron chi connectivity index (χ0n) is 13.9. The van der Waals surface area contributed by atoms with Crippen molar-refractivity contribution < 1.29 is 9.59 Å². The van der Waals surface area contributed by atoms with Gasteiger partial charge in [-0.1, -0.05) is 6.07 Å². The number of piperazine rings is 1. The number of carbonyl (C=O) groups is 2. The van der Waals surface area contributed by atoms with E-state index in [4.69, 9.17) is 0 Å². The van der Waals surface area contributed by atoms with Gasteiger partial charge in [0.2, 0.25) is 5.95 Å². The molecule has 0 unspecified atom stereocenters. The van der Waals surface area contributed by atoms with Crippen LogP contribution in [-0.4, -0.2) is 53.1 Å². The number of hydrogen-bond donors (Lipinski definition) is 2. The lowest BCUT2D eigenvalue weighted by molar-refractivity contribution is -0.115. The molecule has 26 heavy (non-hydrogen) atoms. The van der Waals surface area contributed by atoms with Crippen molar-refractivity contribution >= 4 is 29.8 Å². The van der Waals surface area contributed by atoms with Gasteiger partial charge in [-0.3, -0.25) is 10.1 Å². The molecule has 2 aromatic rings. The minimum Gasteiger partial charge on any atom is -0.353 e. The van der Waals surface area contributed by atoms with E-state index in [0.29, 0.717) is 11.6 Å². The van der Waals surface area contributed by atoms with Gasteiger partial charge in [0, 0.05) is 38.6 Å². The van der Waals surface area contributed by atoms with Crippen LogP contribution in [0.3, 0.4) is 0 Å². The number of aromatic nitrogens is 3. The summed E-state index contributed by atoms with van der Waals surface area (Å²) in [7, 11) is 0. The number of imide groups is 1. The second kappa shape index (κ2) is 6.79. The topological polar surface area (TPSA) is 103 Å². The molecule has 0 radical (unpaired) electrons. The quantitative estimate of drug-likeness (QED) is 0.608. The fourth-order valence-corrected chi connectivity index (χ4v) is 2.90. The number of urea groups is 1. The van der Waals surface area contributed by atoms with E-state index in [9.17, 15) is 9.59 Å². The van der Waals surface area contributed by atoms with E-state index >= 15 is 0 Å². The Balaban J connectivity index is 1.45. The minimum absolute atomic E-state index is 0.180. The Kier molecular flexibility index (Phi) is 4.18. The Bertz CT molecular complexity index is 860. The van der Waals surface area contributed by atoms with Crippen LogP contribution in [0.2, 0.25) is 0 Å². The third-order valence-electron chi connectivity index (χ3n) is 4.21. The molecule has 9 nitrogen and oxygen atoms in total. The molecular formula is C17H17N7O2. The highest BCUT2D eigenvalue weighted by atomic mass is 16.2. The van der Waals surface area contributed by atoms with Crippen molar-refractivity contribution in [3.05, 3.63) is 48.1 Å². The lowest BCUT2D eigenvalue weighted by atomic mass is 10.3. The van der Waals surface area contributed by atoms with Crippen molar-refractivity contribution in [1.29, 1.82) is 0 Å². The smallest absolute Gasteiger partial charge is 0.326 e. The van der Waals surface area contributed by atoms with Crippen molar-refractivity contribution in [1.82, 2.24) is 25.6 Å². The Morgan fingerprint density at radius 3 is 2.42 bits per heavy atom. The van der Waals surface area contributed by atoms with Gasteiger partial charge in [-0.05, 0) is 24.3 Å². The lowest BCUT2D eigenvalue weighted by Gasteiger charge is -2.35. The van der Waals surface area contributed by atoms with Crippen LogP contribution in [0, 0.1) is 0 Å². The zero-order valence-corrected chi connectivity index (χ0v) is 13.9. The zero-order chi connectivity index (χ0) is 17.9. The summed E-state index contributed by atoms with van der Waals surface area (Å²) in [5.41, 5.74) is 0.745. The molecular weight excluding hydrogens is 334 g/mol. The Morgan fingerprint density at radius 2 is 1.73 bits per heavy atom. The average molecular weight is 351 g/mol. The van der Waals surface area contributed by atoms with E-state index < -0.39 is 11.9 Å². The first kappa shape index (κ1) is 16.0. The summed E-state index contributed by atoms with van der Waals surface area (Å²) in [6, 6.07) is 7.05. The van der Waals surface area contributed by atoms with Crippen LogP contribution in [0.4, 0.5) is 16.6 Å². The molecule has 0 aromatic carbocycles. The highest BCUT2D eigenvalue weighted by Crippen LogP contribution is 2.16. The van der Waals surface area contributed by atoms with Gasteiger partial charge in [0.15, 0.2) is 0 Å². The summed E-state index contributed by atoms with van der Waals surface area (Å²) in [5, 5.41) is 4.61. The molecule has 0 atom stereocenters. The third kappa shape index (κ3) is 3.32. The molecule has 132 valence electrons. The predicted octanol–water partition coefficient (Wildman–Crippen LogP) is 0.378. The first-order valence-electron chi connectivity index (χ1n) is 8.27. The van der Waals surface area contributed by atoms with E-state index in [2.05, 4.69) is 35.4 Å². The SMILES string of the molecule is O=C1NC(=O)/C(=C\c2ccnc(N3CCN(c4ccccn4)CC3)n2)N1. The number of hydrogen-bond acceptors (Lipinski definition) is 7. The van der Waals surface area contributed by atoms with E-state index in [0.717, 1.165) is 32.0 Å². The summed E-state index contributed by atoms with van der Waals surface area (Å²) in [6.07, 6.45) is 4.98. The normalized spacial score (nSPS) is 18.8. The second-order valence-corrected chi connectivity index (χ2v) is 5.91. The largest absolute Gasteiger partial charge is 0.353 e. The van der Waals surface area contributed by atoms with Crippen LogP contribution in [0.25, 0.3) is 6.08 Å². The van der Waals surface area contributed by atoms with Crippen molar-refractivity contribution in [2.75, 3.05) is 36.0 Å². The van der Waals surface area contributed by atoms with Gasteiger partial charge in [0.05, 0.1) is 5.69 Å². The van der Waals surface area contributed by atoms with Gasteiger partial charge in [-0.2, -0.15) is 0 Å². The maximum Gasteiger partial charge on any atom is 0.326 e. The predicted molar refractivity (Wildman–Crippen MR) is 95.3 cm³/mol. The van der Waals surface area contributed by atoms with Crippen LogP contribution < -0.4 is 20.4 Å². The number of anilines is 2. The molecule has 2 aliphatic heterocycles. The molecule has 0 spiro atoms. The van der Waals surface area contributed by atoms with E-state index in [1.54, 1.807) is 18.5 Å². The lowest BCUT2D eigenvalue weighted by Crippen LogP contribution is -2.47. The molecule has 0 saturated carbocycles. The molecule has 2 fully saturated rings. The maximum atomic E-state index is 11.6. The minimum atomic E-state index is -0.527. The van der Waals surface area contributed by atoms with Crippen LogP contribution >= 0.6 is 0 Å². The number of carbonyl (C=O) groups excluding carboxylic acids is 2. The highest BCUT2D eigenvalue weighted by molar-refractivity contribution is 6.13. The van der Waals surface area contributed by atoms with Crippen molar-refractivity contribution in [2.45, 2.75) is 0 Å². The second-order valence-electron chi connectivity index (χ2n) is 5.91. The van der Waals surface area contributed by atoms with Gasteiger partial charge in [-0.25, -0.2) is 19.7 Å². The molecule has 2 N–H and O–H groups in total. The molecule has 4 heterocycles. The summed E-state index contributed by atoms with van der Waals surface area (Å²) in [4.78, 5) is 40.3. The summed E-state index contributed by atoms with van der Waals surface area (Å²) < 4.78 is 0. The highest BCUT2D eigenvalue weighted by Gasteiger charge is 2.23. The number of nitrogens with one attached hydrogen (secondary N) is 2. The molecule has 2 aromatic heterocycles. The Hall–Kier alpha value is -3.49. The van der Waals surface area contributed by atoms with Gasteiger partial charge in [0.1, 0.15) is 11.5 Å². The van der Waals surface area contributed by atoms with Crippen molar-refractivity contribution in [3.8, 4) is 0 Å². The van der Waals surface area contributed by atoms with E-state index in [-0.39, 0.29) is 5.70 Å². The number of pyridine rings is 1. The van der Waals surface area contributed by atoms with Crippen molar-refractivity contribution in [2.24, 2.45) is 0 Å². The molecule has 2 aliphatic rings.